The zero-order chi connectivity index (χ0) is 10.0. The first kappa shape index (κ1) is 9.57. The molecule has 1 aliphatic heterocycles. The summed E-state index contributed by atoms with van der Waals surface area (Å²) >= 11 is 0. The summed E-state index contributed by atoms with van der Waals surface area (Å²) in [6.45, 7) is 5.42. The van der Waals surface area contributed by atoms with Crippen molar-refractivity contribution in [1.29, 1.82) is 0 Å². The molecule has 76 valence electrons. The van der Waals surface area contributed by atoms with Gasteiger partial charge in [0.1, 0.15) is 5.75 Å². The summed E-state index contributed by atoms with van der Waals surface area (Å²) < 4.78 is 5.82. The van der Waals surface area contributed by atoms with Gasteiger partial charge in [-0.1, -0.05) is 32.0 Å². The molecule has 1 aromatic carbocycles. The second-order valence-electron chi connectivity index (χ2n) is 4.28. The van der Waals surface area contributed by atoms with Crippen LogP contribution in [0.2, 0.25) is 0 Å². The van der Waals surface area contributed by atoms with Gasteiger partial charge in [-0.15, -0.1) is 0 Å². The van der Waals surface area contributed by atoms with Crippen LogP contribution in [-0.2, 0) is 6.42 Å². The Hall–Kier alpha value is -0.980. The maximum atomic E-state index is 5.82. The lowest BCUT2D eigenvalue weighted by molar-refractivity contribution is 0.110. The Balaban J connectivity index is 2.28. The maximum absolute atomic E-state index is 5.82. The second-order valence-corrected chi connectivity index (χ2v) is 4.28. The molecular weight excluding hydrogens is 172 g/mol. The molecule has 2 rings (SSSR count). The predicted octanol–water partition coefficient (Wildman–Crippen LogP) is 3.43. The van der Waals surface area contributed by atoms with Gasteiger partial charge in [-0.25, -0.2) is 0 Å². The van der Waals surface area contributed by atoms with Crippen LogP contribution in [0.1, 0.15) is 32.3 Å². The van der Waals surface area contributed by atoms with Crippen LogP contribution in [0, 0.1) is 5.41 Å². The fraction of sp³-hybridized carbons (Fsp3) is 0.538. The highest BCUT2D eigenvalue weighted by atomic mass is 16.5. The Kier molecular flexibility index (Phi) is 2.49. The van der Waals surface area contributed by atoms with Crippen LogP contribution >= 0.6 is 0 Å². The van der Waals surface area contributed by atoms with E-state index in [0.717, 1.165) is 12.4 Å². The maximum Gasteiger partial charge on any atom is 0.122 e. The summed E-state index contributed by atoms with van der Waals surface area (Å²) in [5.41, 5.74) is 1.76. The molecule has 0 bridgehead atoms. The zero-order valence-electron chi connectivity index (χ0n) is 9.05. The molecule has 0 amide bonds. The van der Waals surface area contributed by atoms with Gasteiger partial charge in [-0.2, -0.15) is 0 Å². The van der Waals surface area contributed by atoms with E-state index in [-0.39, 0.29) is 0 Å². The molecule has 0 unspecified atom stereocenters. The summed E-state index contributed by atoms with van der Waals surface area (Å²) in [7, 11) is 0. The molecule has 1 heterocycles. The first-order valence-electron chi connectivity index (χ1n) is 5.50. The molecule has 0 aromatic heterocycles. The highest BCUT2D eigenvalue weighted by molar-refractivity contribution is 5.36. The largest absolute Gasteiger partial charge is 0.493 e. The first-order valence-corrected chi connectivity index (χ1v) is 5.50. The van der Waals surface area contributed by atoms with Crippen molar-refractivity contribution < 1.29 is 4.74 Å². The van der Waals surface area contributed by atoms with Crippen LogP contribution < -0.4 is 4.74 Å². The van der Waals surface area contributed by atoms with E-state index in [1.54, 1.807) is 0 Å². The molecule has 0 aliphatic carbocycles. The number of fused-ring (bicyclic) bond motifs is 1. The van der Waals surface area contributed by atoms with Crippen LogP contribution in [0.15, 0.2) is 24.3 Å². The average molecular weight is 190 g/mol. The lowest BCUT2D eigenvalue weighted by Crippen LogP contribution is -2.33. The quantitative estimate of drug-likeness (QED) is 0.694. The van der Waals surface area contributed by atoms with Gasteiger partial charge in [0, 0.05) is 5.41 Å². The highest BCUT2D eigenvalue weighted by Crippen LogP contribution is 2.38. The van der Waals surface area contributed by atoms with E-state index in [2.05, 4.69) is 32.0 Å². The van der Waals surface area contributed by atoms with E-state index in [1.165, 1.54) is 24.8 Å². The van der Waals surface area contributed by atoms with Crippen molar-refractivity contribution in [1.82, 2.24) is 0 Å². The van der Waals surface area contributed by atoms with Crippen molar-refractivity contribution >= 4 is 0 Å². The van der Waals surface area contributed by atoms with Crippen molar-refractivity contribution in [3.8, 4) is 5.75 Å². The average Bonchev–Trinajstić information content (AvgIpc) is 2.28. The van der Waals surface area contributed by atoms with Crippen molar-refractivity contribution in [2.45, 2.75) is 33.1 Å². The van der Waals surface area contributed by atoms with E-state index in [9.17, 15) is 0 Å². The Morgan fingerprint density at radius 2 is 1.93 bits per heavy atom. The summed E-state index contributed by atoms with van der Waals surface area (Å²) in [5, 5.41) is 0. The molecule has 0 radical (unpaired) electrons. The molecule has 1 heteroatoms. The fourth-order valence-corrected chi connectivity index (χ4v) is 2.18. The Bertz CT molecular complexity index is 313. The van der Waals surface area contributed by atoms with Gasteiger partial charge < -0.3 is 4.74 Å². The van der Waals surface area contributed by atoms with Crippen molar-refractivity contribution in [2.24, 2.45) is 5.41 Å². The molecule has 0 N–H and O–H groups in total. The molecule has 0 fully saturated rings. The van der Waals surface area contributed by atoms with Crippen molar-refractivity contribution in [2.75, 3.05) is 6.61 Å². The van der Waals surface area contributed by atoms with Crippen LogP contribution in [0.5, 0.6) is 5.75 Å². The third-order valence-corrected chi connectivity index (χ3v) is 3.57. The van der Waals surface area contributed by atoms with E-state index in [0.29, 0.717) is 5.41 Å². The van der Waals surface area contributed by atoms with Gasteiger partial charge in [0.2, 0.25) is 0 Å². The molecule has 0 spiro atoms. The molecule has 1 nitrogen and oxygen atoms in total. The monoisotopic (exact) mass is 190 g/mol. The van der Waals surface area contributed by atoms with Crippen LogP contribution in [0.3, 0.4) is 0 Å². The fourth-order valence-electron chi connectivity index (χ4n) is 2.18. The minimum atomic E-state index is 0.383. The summed E-state index contributed by atoms with van der Waals surface area (Å²) in [6.07, 6.45) is 3.59. The normalized spacial score (nSPS) is 18.4. The topological polar surface area (TPSA) is 9.23 Å². The van der Waals surface area contributed by atoms with Gasteiger partial charge in [0.05, 0.1) is 6.61 Å². The SMILES string of the molecule is CCC1(CC)COc2ccccc2C1. The van der Waals surface area contributed by atoms with Crippen LogP contribution in [-0.4, -0.2) is 6.61 Å². The number of hydrogen-bond donors (Lipinski definition) is 0. The molecule has 1 aromatic rings. The molecule has 0 saturated heterocycles. The molecule has 14 heavy (non-hydrogen) atoms. The lowest BCUT2D eigenvalue weighted by atomic mass is 9.76. The number of benzene rings is 1. The minimum absolute atomic E-state index is 0.383. The highest BCUT2D eigenvalue weighted by Gasteiger charge is 2.32. The standard InChI is InChI=1S/C13H18O/c1-3-13(4-2)9-11-7-5-6-8-12(11)14-10-13/h5-8H,3-4,9-10H2,1-2H3. The number of rotatable bonds is 2. The van der Waals surface area contributed by atoms with E-state index in [1.807, 2.05) is 6.07 Å². The minimum Gasteiger partial charge on any atom is -0.493 e. The third kappa shape index (κ3) is 1.52. The zero-order valence-corrected chi connectivity index (χ0v) is 9.05. The number of para-hydroxylation sites is 1. The van der Waals surface area contributed by atoms with E-state index < -0.39 is 0 Å². The van der Waals surface area contributed by atoms with Crippen LogP contribution in [0.4, 0.5) is 0 Å². The number of ether oxygens (including phenoxy) is 1. The van der Waals surface area contributed by atoms with Crippen LogP contribution in [0.25, 0.3) is 0 Å². The second kappa shape index (κ2) is 3.64. The van der Waals surface area contributed by atoms with Crippen molar-refractivity contribution in [3.05, 3.63) is 29.8 Å². The predicted molar refractivity (Wildman–Crippen MR) is 58.7 cm³/mol. The molecule has 1 aliphatic rings. The smallest absolute Gasteiger partial charge is 0.122 e. The third-order valence-electron chi connectivity index (χ3n) is 3.57. The first-order chi connectivity index (χ1) is 6.79. The Labute approximate surface area is 86.1 Å². The lowest BCUT2D eigenvalue weighted by Gasteiger charge is -2.36. The van der Waals surface area contributed by atoms with E-state index >= 15 is 0 Å². The molecule has 0 saturated carbocycles. The Morgan fingerprint density at radius 3 is 2.64 bits per heavy atom. The molecular formula is C13H18O. The summed E-state index contributed by atoms with van der Waals surface area (Å²) in [4.78, 5) is 0. The van der Waals surface area contributed by atoms with Gasteiger partial charge in [-0.05, 0) is 30.9 Å². The van der Waals surface area contributed by atoms with E-state index in [4.69, 9.17) is 4.74 Å². The van der Waals surface area contributed by atoms with Gasteiger partial charge >= 0.3 is 0 Å². The molecule has 0 atom stereocenters. The Morgan fingerprint density at radius 1 is 1.21 bits per heavy atom. The van der Waals surface area contributed by atoms with Crippen molar-refractivity contribution in [3.63, 3.8) is 0 Å². The van der Waals surface area contributed by atoms with Gasteiger partial charge in [-0.3, -0.25) is 0 Å². The summed E-state index contributed by atoms with van der Waals surface area (Å²) in [5.74, 6) is 1.09. The van der Waals surface area contributed by atoms with Gasteiger partial charge in [0.25, 0.3) is 0 Å². The van der Waals surface area contributed by atoms with Gasteiger partial charge in [0.15, 0.2) is 0 Å². The number of hydrogen-bond acceptors (Lipinski definition) is 1. The summed E-state index contributed by atoms with van der Waals surface area (Å²) in [6, 6.07) is 8.41.